The van der Waals surface area contributed by atoms with E-state index in [1.807, 2.05) is 47.5 Å². The number of nitrogens with zero attached hydrogens (tertiary/aromatic N) is 2. The molecule has 0 saturated heterocycles. The van der Waals surface area contributed by atoms with Crippen molar-refractivity contribution >= 4 is 5.91 Å². The van der Waals surface area contributed by atoms with Crippen molar-refractivity contribution in [1.82, 2.24) is 9.47 Å². The number of methoxy groups -OCH3 is 1. The van der Waals surface area contributed by atoms with Gasteiger partial charge in [-0.15, -0.1) is 0 Å². The maximum atomic E-state index is 13.2. The Morgan fingerprint density at radius 1 is 1.03 bits per heavy atom. The Morgan fingerprint density at radius 3 is 2.40 bits per heavy atom. The molecule has 0 unspecified atom stereocenters. The molecule has 0 atom stereocenters. The van der Waals surface area contributed by atoms with E-state index < -0.39 is 0 Å². The molecule has 5 heteroatoms. The van der Waals surface area contributed by atoms with E-state index in [4.69, 9.17) is 4.74 Å². The molecule has 0 spiro atoms. The predicted octanol–water partition coefficient (Wildman–Crippen LogP) is 4.92. The number of rotatable bonds is 10. The first-order valence-electron chi connectivity index (χ1n) is 10.4. The minimum absolute atomic E-state index is 0.0169. The maximum absolute atomic E-state index is 13.2. The largest absolute Gasteiger partial charge is 0.385 e. The first-order valence-corrected chi connectivity index (χ1v) is 10.4. The van der Waals surface area contributed by atoms with Crippen LogP contribution in [-0.4, -0.2) is 35.6 Å². The van der Waals surface area contributed by atoms with Gasteiger partial charge in [0.1, 0.15) is 5.82 Å². The summed E-state index contributed by atoms with van der Waals surface area (Å²) in [6, 6.07) is 18.4. The van der Waals surface area contributed by atoms with Gasteiger partial charge in [-0.2, -0.15) is 0 Å². The minimum Gasteiger partial charge on any atom is -0.385 e. The van der Waals surface area contributed by atoms with Gasteiger partial charge in [-0.25, -0.2) is 4.39 Å². The third-order valence-electron chi connectivity index (χ3n) is 5.22. The maximum Gasteiger partial charge on any atom is 0.254 e. The fourth-order valence-electron chi connectivity index (χ4n) is 3.45. The molecule has 0 aliphatic heterocycles. The van der Waals surface area contributed by atoms with Crippen LogP contribution in [0.25, 0.3) is 0 Å². The van der Waals surface area contributed by atoms with Gasteiger partial charge < -0.3 is 14.2 Å². The molecule has 1 heterocycles. The highest BCUT2D eigenvalue weighted by atomic mass is 19.1. The fourth-order valence-corrected chi connectivity index (χ4v) is 3.45. The lowest BCUT2D eigenvalue weighted by Crippen LogP contribution is -2.33. The Morgan fingerprint density at radius 2 is 1.73 bits per heavy atom. The number of halogens is 1. The Balaban J connectivity index is 1.76. The van der Waals surface area contributed by atoms with Crippen molar-refractivity contribution in [2.24, 2.45) is 0 Å². The predicted molar refractivity (Wildman–Crippen MR) is 117 cm³/mol. The third kappa shape index (κ3) is 5.80. The van der Waals surface area contributed by atoms with Crippen LogP contribution in [0.4, 0.5) is 4.39 Å². The number of carbonyl (C=O) groups is 1. The van der Waals surface area contributed by atoms with Gasteiger partial charge in [-0.1, -0.05) is 31.2 Å². The van der Waals surface area contributed by atoms with Crippen LogP contribution in [0.2, 0.25) is 0 Å². The van der Waals surface area contributed by atoms with Crippen LogP contribution in [0.5, 0.6) is 0 Å². The molecule has 0 saturated carbocycles. The summed E-state index contributed by atoms with van der Waals surface area (Å²) in [4.78, 5) is 15.1. The number of aryl methyl sites for hydroxylation is 1. The Bertz CT molecular complexity index is 933. The van der Waals surface area contributed by atoms with Crippen molar-refractivity contribution in [1.29, 1.82) is 0 Å². The highest BCUT2D eigenvalue weighted by Crippen LogP contribution is 2.15. The zero-order valence-electron chi connectivity index (χ0n) is 17.7. The first-order chi connectivity index (χ1) is 14.6. The summed E-state index contributed by atoms with van der Waals surface area (Å²) in [6.45, 7) is 4.46. The normalized spacial score (nSPS) is 10.9. The summed E-state index contributed by atoms with van der Waals surface area (Å²) in [5.41, 5.74) is 3.96. The van der Waals surface area contributed by atoms with Crippen molar-refractivity contribution in [2.45, 2.75) is 32.9 Å². The van der Waals surface area contributed by atoms with Crippen molar-refractivity contribution in [3.05, 3.63) is 95.1 Å². The van der Waals surface area contributed by atoms with Gasteiger partial charge in [0.15, 0.2) is 0 Å². The number of benzene rings is 2. The topological polar surface area (TPSA) is 34.5 Å². The van der Waals surface area contributed by atoms with Crippen molar-refractivity contribution in [3.8, 4) is 0 Å². The SMILES string of the molecule is CCc1ccc(C(=O)N(CCCOC)Cc2cccn2Cc2ccc(F)cc2)cc1. The molecular weight excluding hydrogens is 379 g/mol. The second-order valence-corrected chi connectivity index (χ2v) is 7.38. The van der Waals surface area contributed by atoms with Gasteiger partial charge in [-0.3, -0.25) is 4.79 Å². The van der Waals surface area contributed by atoms with E-state index in [-0.39, 0.29) is 11.7 Å². The fraction of sp³-hybridized carbons (Fsp3) is 0.320. The summed E-state index contributed by atoms with van der Waals surface area (Å²) in [5.74, 6) is -0.223. The highest BCUT2D eigenvalue weighted by Gasteiger charge is 2.17. The summed E-state index contributed by atoms with van der Waals surface area (Å²) in [7, 11) is 1.67. The second-order valence-electron chi connectivity index (χ2n) is 7.38. The molecule has 0 fully saturated rings. The Labute approximate surface area is 177 Å². The molecule has 2 aromatic carbocycles. The summed E-state index contributed by atoms with van der Waals surface area (Å²) >= 11 is 0. The molecule has 3 aromatic rings. The zero-order valence-corrected chi connectivity index (χ0v) is 17.7. The van der Waals surface area contributed by atoms with Crippen molar-refractivity contribution in [2.75, 3.05) is 20.3 Å². The van der Waals surface area contributed by atoms with Gasteiger partial charge in [0.25, 0.3) is 5.91 Å². The van der Waals surface area contributed by atoms with E-state index in [2.05, 4.69) is 11.5 Å². The highest BCUT2D eigenvalue weighted by molar-refractivity contribution is 5.94. The smallest absolute Gasteiger partial charge is 0.254 e. The molecule has 3 rings (SSSR count). The number of carbonyl (C=O) groups excluding carboxylic acids is 1. The van der Waals surface area contributed by atoms with Crippen LogP contribution < -0.4 is 0 Å². The average Bonchev–Trinajstić information content (AvgIpc) is 3.21. The van der Waals surface area contributed by atoms with E-state index in [1.165, 1.54) is 17.7 Å². The van der Waals surface area contributed by atoms with Crippen molar-refractivity contribution < 1.29 is 13.9 Å². The van der Waals surface area contributed by atoms with E-state index in [0.717, 1.165) is 24.1 Å². The van der Waals surface area contributed by atoms with Crippen LogP contribution in [0.1, 0.15) is 40.5 Å². The molecule has 1 aromatic heterocycles. The summed E-state index contributed by atoms with van der Waals surface area (Å²) < 4.78 is 20.5. The molecule has 4 nitrogen and oxygen atoms in total. The number of aromatic nitrogens is 1. The van der Waals surface area contributed by atoms with Crippen LogP contribution in [0, 0.1) is 5.82 Å². The number of ether oxygens (including phenoxy) is 1. The van der Waals surface area contributed by atoms with Crippen LogP contribution in [0.3, 0.4) is 0 Å². The van der Waals surface area contributed by atoms with Crippen LogP contribution in [0.15, 0.2) is 66.9 Å². The average molecular weight is 409 g/mol. The Hall–Kier alpha value is -2.92. The third-order valence-corrected chi connectivity index (χ3v) is 5.22. The van der Waals surface area contributed by atoms with Gasteiger partial charge in [-0.05, 0) is 60.4 Å². The quantitative estimate of drug-likeness (QED) is 0.447. The van der Waals surface area contributed by atoms with Crippen LogP contribution in [-0.2, 0) is 24.2 Å². The molecule has 0 N–H and O–H groups in total. The molecule has 0 radical (unpaired) electrons. The molecule has 0 aliphatic rings. The zero-order chi connectivity index (χ0) is 21.3. The van der Waals surface area contributed by atoms with Crippen LogP contribution >= 0.6 is 0 Å². The molecule has 1 amide bonds. The molecule has 0 aliphatic carbocycles. The molecular formula is C25H29FN2O2. The lowest BCUT2D eigenvalue weighted by atomic mass is 10.1. The lowest BCUT2D eigenvalue weighted by molar-refractivity contribution is 0.0720. The first kappa shape index (κ1) is 21.8. The monoisotopic (exact) mass is 408 g/mol. The van der Waals surface area contributed by atoms with Crippen molar-refractivity contribution in [3.63, 3.8) is 0 Å². The molecule has 0 bridgehead atoms. The summed E-state index contributed by atoms with van der Waals surface area (Å²) in [5, 5.41) is 0. The van der Waals surface area contributed by atoms with E-state index in [0.29, 0.717) is 31.8 Å². The second kappa shape index (κ2) is 10.7. The minimum atomic E-state index is -0.240. The standard InChI is InChI=1S/C25H29FN2O2/c1-3-20-7-11-22(12-8-20)25(29)28(16-5-17-30-2)19-24-6-4-15-27(24)18-21-9-13-23(26)14-10-21/h4,6-15H,3,5,16-19H2,1-2H3. The Kier molecular flexibility index (Phi) is 7.80. The van der Waals surface area contributed by atoms with Gasteiger partial charge >= 0.3 is 0 Å². The molecule has 30 heavy (non-hydrogen) atoms. The summed E-state index contributed by atoms with van der Waals surface area (Å²) in [6.07, 6.45) is 3.71. The van der Waals surface area contributed by atoms with E-state index in [9.17, 15) is 9.18 Å². The van der Waals surface area contributed by atoms with E-state index in [1.54, 1.807) is 19.2 Å². The van der Waals surface area contributed by atoms with E-state index >= 15 is 0 Å². The van der Waals surface area contributed by atoms with Gasteiger partial charge in [0, 0.05) is 44.3 Å². The lowest BCUT2D eigenvalue weighted by Gasteiger charge is -2.24. The van der Waals surface area contributed by atoms with Gasteiger partial charge in [0.05, 0.1) is 6.54 Å². The van der Waals surface area contributed by atoms with Gasteiger partial charge in [0.2, 0.25) is 0 Å². The molecule has 158 valence electrons. The number of hydrogen-bond acceptors (Lipinski definition) is 2. The number of hydrogen-bond donors (Lipinski definition) is 0. The number of amides is 1.